The van der Waals surface area contributed by atoms with E-state index in [9.17, 15) is 9.59 Å². The van der Waals surface area contributed by atoms with Gasteiger partial charge in [0.05, 0.1) is 19.8 Å². The van der Waals surface area contributed by atoms with Crippen LogP contribution < -0.4 is 10.6 Å². The van der Waals surface area contributed by atoms with E-state index in [0.717, 1.165) is 0 Å². The summed E-state index contributed by atoms with van der Waals surface area (Å²) in [5.74, 6) is -0.344. The maximum atomic E-state index is 10.9. The zero-order chi connectivity index (χ0) is 12.9. The lowest BCUT2D eigenvalue weighted by Gasteiger charge is -2.06. The monoisotopic (exact) mass is 248 g/mol. The van der Waals surface area contributed by atoms with Crippen molar-refractivity contribution in [2.24, 2.45) is 0 Å². The number of hydrogen-bond acceptors (Lipinski definition) is 5. The van der Waals surface area contributed by atoms with Gasteiger partial charge in [0.2, 0.25) is 11.8 Å². The molecule has 2 N–H and O–H groups in total. The lowest BCUT2D eigenvalue weighted by molar-refractivity contribution is -0.126. The molecule has 17 heavy (non-hydrogen) atoms. The third kappa shape index (κ3) is 11.1. The zero-order valence-corrected chi connectivity index (χ0v) is 10.3. The predicted molar refractivity (Wildman–Crippen MR) is 60.6 cm³/mol. The van der Waals surface area contributed by atoms with Gasteiger partial charge in [-0.25, -0.2) is 0 Å². The van der Waals surface area contributed by atoms with Gasteiger partial charge in [-0.15, -0.1) is 0 Å². The number of rotatable bonds is 10. The van der Waals surface area contributed by atoms with E-state index < -0.39 is 0 Å². The first kappa shape index (κ1) is 15.8. The highest BCUT2D eigenvalue weighted by Gasteiger charge is 1.99. The van der Waals surface area contributed by atoms with Crippen LogP contribution in [0.5, 0.6) is 0 Å². The summed E-state index contributed by atoms with van der Waals surface area (Å²) in [5.41, 5.74) is 0. The van der Waals surface area contributed by atoms with Gasteiger partial charge in [0.25, 0.3) is 0 Å². The molecule has 0 radical (unpaired) electrons. The minimum Gasteiger partial charge on any atom is -0.377 e. The Morgan fingerprint density at radius 1 is 1.00 bits per heavy atom. The van der Waals surface area contributed by atoms with Crippen molar-refractivity contribution in [3.63, 3.8) is 0 Å². The Morgan fingerprint density at radius 3 is 2.35 bits per heavy atom. The van der Waals surface area contributed by atoms with Crippen LogP contribution in [0.1, 0.15) is 0 Å². The average molecular weight is 248 g/mol. The second-order valence-electron chi connectivity index (χ2n) is 3.12. The fourth-order valence-corrected chi connectivity index (χ4v) is 0.902. The maximum Gasteiger partial charge on any atom is 0.246 e. The van der Waals surface area contributed by atoms with E-state index in [4.69, 9.17) is 9.47 Å². The Morgan fingerprint density at radius 2 is 1.71 bits per heavy atom. The molecule has 7 heteroatoms. The minimum atomic E-state index is -0.174. The van der Waals surface area contributed by atoms with Crippen molar-refractivity contribution < 1.29 is 23.8 Å². The molecule has 0 saturated carbocycles. The number of amides is 2. The van der Waals surface area contributed by atoms with Crippen LogP contribution in [0.3, 0.4) is 0 Å². The van der Waals surface area contributed by atoms with Gasteiger partial charge >= 0.3 is 0 Å². The highest BCUT2D eigenvalue weighted by Crippen LogP contribution is 1.79. The first-order chi connectivity index (χ1) is 8.20. The maximum absolute atomic E-state index is 10.9. The molecule has 0 spiro atoms. The van der Waals surface area contributed by atoms with E-state index in [-0.39, 0.29) is 25.0 Å². The summed E-state index contributed by atoms with van der Waals surface area (Å²) in [6, 6.07) is 0. The molecule has 0 aliphatic rings. The summed E-state index contributed by atoms with van der Waals surface area (Å²) < 4.78 is 14.8. The van der Waals surface area contributed by atoms with Gasteiger partial charge in [0, 0.05) is 20.7 Å². The van der Waals surface area contributed by atoms with E-state index >= 15 is 0 Å². The van der Waals surface area contributed by atoms with Crippen molar-refractivity contribution >= 4 is 11.8 Å². The first-order valence-electron chi connectivity index (χ1n) is 5.32. The Labute approximate surface area is 101 Å². The summed E-state index contributed by atoms with van der Waals surface area (Å²) in [7, 11) is 3.00. The van der Waals surface area contributed by atoms with Gasteiger partial charge in [-0.2, -0.15) is 0 Å². The Hall–Kier alpha value is -1.18. The Kier molecular flexibility index (Phi) is 10.5. The van der Waals surface area contributed by atoms with Crippen molar-refractivity contribution in [1.82, 2.24) is 10.6 Å². The van der Waals surface area contributed by atoms with Gasteiger partial charge in [-0.05, 0) is 0 Å². The molecule has 0 rings (SSSR count). The van der Waals surface area contributed by atoms with Crippen molar-refractivity contribution in [2.45, 2.75) is 0 Å². The lowest BCUT2D eigenvalue weighted by atomic mass is 10.6. The highest BCUT2D eigenvalue weighted by molar-refractivity contribution is 5.77. The predicted octanol–water partition coefficient (Wildman–Crippen LogP) is -1.47. The van der Waals surface area contributed by atoms with Crippen LogP contribution in [0.4, 0.5) is 0 Å². The number of carbonyl (C=O) groups excluding carboxylic acids is 2. The van der Waals surface area contributed by atoms with Crippen LogP contribution in [0.15, 0.2) is 0 Å². The fourth-order valence-electron chi connectivity index (χ4n) is 0.902. The number of nitrogens with one attached hydrogen (secondary N) is 2. The van der Waals surface area contributed by atoms with E-state index in [1.807, 2.05) is 0 Å². The standard InChI is InChI=1S/C10H20N2O5/c1-11-9(13)8-17-6-5-16-4-3-12-10(14)7-15-2/h3-8H2,1-2H3,(H,11,13)(H,12,14). The Bertz CT molecular complexity index is 223. The molecule has 0 fully saturated rings. The smallest absolute Gasteiger partial charge is 0.246 e. The van der Waals surface area contributed by atoms with E-state index in [1.165, 1.54) is 7.11 Å². The van der Waals surface area contributed by atoms with Crippen molar-refractivity contribution in [1.29, 1.82) is 0 Å². The normalized spacial score (nSPS) is 10.0. The molecular weight excluding hydrogens is 228 g/mol. The molecule has 0 aromatic heterocycles. The van der Waals surface area contributed by atoms with Crippen LogP contribution in [-0.4, -0.2) is 65.6 Å². The topological polar surface area (TPSA) is 85.9 Å². The molecule has 0 aliphatic carbocycles. The van der Waals surface area contributed by atoms with Crippen molar-refractivity contribution in [3.8, 4) is 0 Å². The van der Waals surface area contributed by atoms with Crippen molar-refractivity contribution in [2.75, 3.05) is 53.7 Å². The van der Waals surface area contributed by atoms with E-state index in [1.54, 1.807) is 7.05 Å². The van der Waals surface area contributed by atoms with Crippen LogP contribution in [0.25, 0.3) is 0 Å². The number of carbonyl (C=O) groups is 2. The molecule has 0 aromatic rings. The van der Waals surface area contributed by atoms with E-state index in [2.05, 4.69) is 15.4 Å². The quantitative estimate of drug-likeness (QED) is 0.461. The van der Waals surface area contributed by atoms with Gasteiger partial charge in [-0.1, -0.05) is 0 Å². The highest BCUT2D eigenvalue weighted by atomic mass is 16.5. The zero-order valence-electron chi connectivity index (χ0n) is 10.3. The summed E-state index contributed by atoms with van der Waals surface area (Å²) in [4.78, 5) is 21.7. The Balaban J connectivity index is 3.13. The number of ether oxygens (including phenoxy) is 3. The van der Waals surface area contributed by atoms with Gasteiger partial charge in [0.1, 0.15) is 13.2 Å². The van der Waals surface area contributed by atoms with Crippen LogP contribution in [-0.2, 0) is 23.8 Å². The van der Waals surface area contributed by atoms with Crippen molar-refractivity contribution in [3.05, 3.63) is 0 Å². The van der Waals surface area contributed by atoms with Crippen LogP contribution >= 0.6 is 0 Å². The summed E-state index contributed by atoms with van der Waals surface area (Å²) >= 11 is 0. The summed E-state index contributed by atoms with van der Waals surface area (Å²) in [5, 5.41) is 5.04. The molecule has 0 unspecified atom stereocenters. The number of methoxy groups -OCH3 is 1. The molecule has 0 aliphatic heterocycles. The molecule has 2 amide bonds. The third-order valence-corrected chi connectivity index (χ3v) is 1.73. The fraction of sp³-hybridized carbons (Fsp3) is 0.800. The summed E-state index contributed by atoms with van der Waals surface area (Å²) in [6.45, 7) is 1.65. The molecule has 7 nitrogen and oxygen atoms in total. The minimum absolute atomic E-state index is 0.0322. The molecule has 0 saturated heterocycles. The second-order valence-corrected chi connectivity index (χ2v) is 3.12. The van der Waals surface area contributed by atoms with Crippen LogP contribution in [0.2, 0.25) is 0 Å². The SMILES string of the molecule is CNC(=O)COCCOCCNC(=O)COC. The molecule has 0 heterocycles. The van der Waals surface area contributed by atoms with E-state index in [0.29, 0.717) is 26.4 Å². The number of likely N-dealkylation sites (N-methyl/N-ethyl adjacent to an activating group) is 1. The molecular formula is C10H20N2O5. The summed E-state index contributed by atoms with van der Waals surface area (Å²) in [6.07, 6.45) is 0. The largest absolute Gasteiger partial charge is 0.377 e. The molecule has 0 atom stereocenters. The second kappa shape index (κ2) is 11.3. The van der Waals surface area contributed by atoms with Crippen LogP contribution in [0, 0.1) is 0 Å². The number of hydrogen-bond donors (Lipinski definition) is 2. The first-order valence-corrected chi connectivity index (χ1v) is 5.32. The molecule has 0 aromatic carbocycles. The molecule has 0 bridgehead atoms. The van der Waals surface area contributed by atoms with Gasteiger partial charge < -0.3 is 24.8 Å². The van der Waals surface area contributed by atoms with Gasteiger partial charge in [0.15, 0.2) is 0 Å². The van der Waals surface area contributed by atoms with Gasteiger partial charge in [-0.3, -0.25) is 9.59 Å². The average Bonchev–Trinajstić information content (AvgIpc) is 2.32. The lowest BCUT2D eigenvalue weighted by Crippen LogP contribution is -2.30. The molecule has 100 valence electrons. The third-order valence-electron chi connectivity index (χ3n) is 1.73.